The average Bonchev–Trinajstić information content (AvgIpc) is 1.87. The summed E-state index contributed by atoms with van der Waals surface area (Å²) in [6, 6.07) is 0. The molecule has 0 aromatic heterocycles. The summed E-state index contributed by atoms with van der Waals surface area (Å²) in [5.41, 5.74) is -0.306. The Balaban J connectivity index is 0. The van der Waals surface area contributed by atoms with Crippen molar-refractivity contribution in [1.29, 1.82) is 0 Å². The molecule has 70 valence electrons. The summed E-state index contributed by atoms with van der Waals surface area (Å²) >= 11 is 0. The predicted octanol–water partition coefficient (Wildman–Crippen LogP) is 0.384. The number of hydrogen-bond donors (Lipinski definition) is 3. The van der Waals surface area contributed by atoms with E-state index >= 15 is 0 Å². The van der Waals surface area contributed by atoms with Crippen LogP contribution in [0.25, 0.3) is 0 Å². The maximum absolute atomic E-state index is 8.43. The summed E-state index contributed by atoms with van der Waals surface area (Å²) in [4.78, 5) is 0. The molecule has 0 aliphatic heterocycles. The monoisotopic (exact) mass is 164 g/mol. The van der Waals surface area contributed by atoms with Crippen molar-refractivity contribution in [2.24, 2.45) is 5.41 Å². The molecule has 0 radical (unpaired) electrons. The number of aliphatic hydroxyl groups excluding tert-OH is 3. The minimum Gasteiger partial charge on any atom is -0.396 e. The quantitative estimate of drug-likeness (QED) is 0.553. The van der Waals surface area contributed by atoms with Gasteiger partial charge in [-0.15, -0.1) is 0 Å². The Kier molecular flexibility index (Phi) is 8.06. The summed E-state index contributed by atoms with van der Waals surface area (Å²) in [7, 11) is 0. The van der Waals surface area contributed by atoms with E-state index in [0.29, 0.717) is 0 Å². The molecule has 0 heterocycles. The van der Waals surface area contributed by atoms with Gasteiger partial charge in [0.1, 0.15) is 0 Å². The summed E-state index contributed by atoms with van der Waals surface area (Å²) in [6.45, 7) is 7.13. The highest BCUT2D eigenvalue weighted by Crippen LogP contribution is 2.10. The molecule has 3 heteroatoms. The van der Waals surface area contributed by atoms with Gasteiger partial charge in [0.25, 0.3) is 0 Å². The molecule has 0 aliphatic rings. The van der Waals surface area contributed by atoms with Crippen molar-refractivity contribution in [3.8, 4) is 0 Å². The molecule has 0 saturated carbocycles. The molecule has 3 N–H and O–H groups in total. The fraction of sp³-hybridized carbons (Fsp3) is 1.00. The van der Waals surface area contributed by atoms with Gasteiger partial charge in [0, 0.05) is 11.5 Å². The molecule has 0 fully saturated rings. The summed E-state index contributed by atoms with van der Waals surface area (Å²) < 4.78 is 0. The van der Waals surface area contributed by atoms with E-state index in [4.69, 9.17) is 15.3 Å². The van der Waals surface area contributed by atoms with Crippen LogP contribution in [0.5, 0.6) is 0 Å². The van der Waals surface area contributed by atoms with Gasteiger partial charge in [-0.05, 0) is 13.8 Å². The van der Waals surface area contributed by atoms with Crippen LogP contribution in [0.1, 0.15) is 27.7 Å². The van der Waals surface area contributed by atoms with E-state index < -0.39 is 0 Å². The Hall–Kier alpha value is -0.120. The van der Waals surface area contributed by atoms with E-state index in [0.717, 1.165) is 0 Å². The molecule has 0 aliphatic carbocycles. The lowest BCUT2D eigenvalue weighted by molar-refractivity contribution is 0.0857. The van der Waals surface area contributed by atoms with Gasteiger partial charge in [-0.3, -0.25) is 0 Å². The van der Waals surface area contributed by atoms with Crippen LogP contribution in [-0.2, 0) is 0 Å². The third-order valence-corrected chi connectivity index (χ3v) is 0.856. The van der Waals surface area contributed by atoms with Gasteiger partial charge in [0.05, 0.1) is 13.2 Å². The van der Waals surface area contributed by atoms with Crippen molar-refractivity contribution in [2.45, 2.75) is 33.8 Å². The zero-order valence-corrected chi connectivity index (χ0v) is 7.83. The van der Waals surface area contributed by atoms with E-state index in [9.17, 15) is 0 Å². The Morgan fingerprint density at radius 2 is 1.27 bits per heavy atom. The zero-order chi connectivity index (χ0) is 9.49. The van der Waals surface area contributed by atoms with Crippen LogP contribution in [-0.4, -0.2) is 34.6 Å². The van der Waals surface area contributed by atoms with Gasteiger partial charge >= 0.3 is 0 Å². The van der Waals surface area contributed by atoms with Gasteiger partial charge in [-0.25, -0.2) is 0 Å². The lowest BCUT2D eigenvalue weighted by atomic mass is 9.97. The highest BCUT2D eigenvalue weighted by atomic mass is 16.3. The Labute approximate surface area is 68.7 Å². The Morgan fingerprint density at radius 1 is 1.09 bits per heavy atom. The second kappa shape index (κ2) is 6.58. The van der Waals surface area contributed by atoms with Crippen LogP contribution in [0, 0.1) is 5.41 Å². The smallest absolute Gasteiger partial charge is 0.0504 e. The molecule has 0 rings (SSSR count). The molecule has 0 spiro atoms. The topological polar surface area (TPSA) is 60.7 Å². The number of aliphatic hydroxyl groups is 3. The van der Waals surface area contributed by atoms with Gasteiger partial charge in [0.15, 0.2) is 0 Å². The largest absolute Gasteiger partial charge is 0.396 e. The van der Waals surface area contributed by atoms with Gasteiger partial charge in [-0.1, -0.05) is 13.8 Å². The maximum Gasteiger partial charge on any atom is 0.0504 e. The number of hydrogen-bond acceptors (Lipinski definition) is 3. The highest BCUT2D eigenvalue weighted by Gasteiger charge is 2.13. The van der Waals surface area contributed by atoms with E-state index in [2.05, 4.69) is 0 Å². The van der Waals surface area contributed by atoms with Crippen molar-refractivity contribution >= 4 is 0 Å². The predicted molar refractivity (Wildman–Crippen MR) is 45.3 cm³/mol. The molecule has 0 unspecified atom stereocenters. The minimum atomic E-state index is -0.306. The first-order valence-corrected chi connectivity index (χ1v) is 3.75. The molecule has 0 aromatic rings. The zero-order valence-electron chi connectivity index (χ0n) is 7.83. The second-order valence-corrected chi connectivity index (χ2v) is 3.57. The molecular formula is C8H20O3. The first kappa shape index (κ1) is 13.5. The molecule has 0 amide bonds. The first-order chi connectivity index (χ1) is 4.85. The van der Waals surface area contributed by atoms with E-state index in [1.165, 1.54) is 0 Å². The van der Waals surface area contributed by atoms with E-state index in [1.54, 1.807) is 27.7 Å². The average molecular weight is 164 g/mol. The fourth-order valence-corrected chi connectivity index (χ4v) is 0.0500. The molecule has 0 aromatic carbocycles. The minimum absolute atomic E-state index is 0.0451. The Bertz CT molecular complexity index is 70.7. The van der Waals surface area contributed by atoms with Crippen LogP contribution in [0.4, 0.5) is 0 Å². The van der Waals surface area contributed by atoms with Crippen LogP contribution >= 0.6 is 0 Å². The van der Waals surface area contributed by atoms with Crippen LogP contribution in [0.3, 0.4) is 0 Å². The van der Waals surface area contributed by atoms with Crippen molar-refractivity contribution < 1.29 is 15.3 Å². The maximum atomic E-state index is 8.43. The fourth-order valence-electron chi connectivity index (χ4n) is 0.0500. The van der Waals surface area contributed by atoms with Gasteiger partial charge in [0.2, 0.25) is 0 Å². The van der Waals surface area contributed by atoms with Gasteiger partial charge < -0.3 is 15.3 Å². The molecule has 0 saturated heterocycles. The standard InChI is InChI=1S/C5H12O2.C3H8O/c1-5(2,3-6)4-7;1-3(2)4/h6-7H,3-4H2,1-2H3;3-4H,1-2H3. The van der Waals surface area contributed by atoms with Crippen LogP contribution in [0.2, 0.25) is 0 Å². The molecular weight excluding hydrogens is 144 g/mol. The summed E-state index contributed by atoms with van der Waals surface area (Å²) in [5.74, 6) is 0. The van der Waals surface area contributed by atoms with Crippen molar-refractivity contribution in [3.05, 3.63) is 0 Å². The summed E-state index contributed by atoms with van der Waals surface area (Å²) in [6.07, 6.45) is -0.167. The summed E-state index contributed by atoms with van der Waals surface area (Å²) in [5, 5.41) is 24.9. The lowest BCUT2D eigenvalue weighted by Crippen LogP contribution is -2.20. The van der Waals surface area contributed by atoms with Crippen molar-refractivity contribution in [2.75, 3.05) is 13.2 Å². The van der Waals surface area contributed by atoms with E-state index in [-0.39, 0.29) is 24.7 Å². The van der Waals surface area contributed by atoms with E-state index in [1.807, 2.05) is 0 Å². The van der Waals surface area contributed by atoms with Crippen molar-refractivity contribution in [3.63, 3.8) is 0 Å². The third-order valence-electron chi connectivity index (χ3n) is 0.856. The van der Waals surface area contributed by atoms with Crippen LogP contribution < -0.4 is 0 Å². The van der Waals surface area contributed by atoms with Crippen LogP contribution in [0.15, 0.2) is 0 Å². The van der Waals surface area contributed by atoms with Crippen molar-refractivity contribution in [1.82, 2.24) is 0 Å². The Morgan fingerprint density at radius 3 is 1.27 bits per heavy atom. The second-order valence-electron chi connectivity index (χ2n) is 3.57. The first-order valence-electron chi connectivity index (χ1n) is 3.75. The molecule has 11 heavy (non-hydrogen) atoms. The SMILES string of the molecule is CC(C)(CO)CO.CC(C)O. The molecule has 0 bridgehead atoms. The lowest BCUT2D eigenvalue weighted by Gasteiger charge is -2.16. The molecule has 0 atom stereocenters. The normalized spacial score (nSPS) is 10.9. The third kappa shape index (κ3) is 17.7. The highest BCUT2D eigenvalue weighted by molar-refractivity contribution is 4.62. The molecule has 3 nitrogen and oxygen atoms in total. The number of rotatable bonds is 2. The van der Waals surface area contributed by atoms with Gasteiger partial charge in [-0.2, -0.15) is 0 Å².